The van der Waals surface area contributed by atoms with Crippen molar-refractivity contribution in [2.45, 2.75) is 6.54 Å². The number of nitrogens with zero attached hydrogens (tertiary/aromatic N) is 2. The van der Waals surface area contributed by atoms with E-state index in [0.717, 1.165) is 25.5 Å². The number of carbonyl (C=O) groups is 2. The Morgan fingerprint density at radius 3 is 2.00 bits per heavy atom. The highest BCUT2D eigenvalue weighted by Crippen LogP contribution is 2.29. The van der Waals surface area contributed by atoms with Gasteiger partial charge < -0.3 is 10.5 Å². The standard InChI is InChI=1S/C29H23N3O5/c1-31-27(34)25(26(30)32(29(31)36)16-18-9-3-2-4-10-18)23(33)17-37-28(35)24-21-13-7-5-11-19(21)15-20-12-6-8-14-22(20)24/h2-15H,16-17,30H2,1H3. The van der Waals surface area contributed by atoms with E-state index in [1.165, 1.54) is 7.05 Å². The van der Waals surface area contributed by atoms with Gasteiger partial charge in [0.15, 0.2) is 6.61 Å². The van der Waals surface area contributed by atoms with Gasteiger partial charge in [0.1, 0.15) is 11.4 Å². The van der Waals surface area contributed by atoms with E-state index in [0.29, 0.717) is 16.3 Å². The van der Waals surface area contributed by atoms with Crippen LogP contribution in [0.3, 0.4) is 0 Å². The van der Waals surface area contributed by atoms with Crippen LogP contribution >= 0.6 is 0 Å². The number of ketones is 1. The molecule has 0 aliphatic heterocycles. The van der Waals surface area contributed by atoms with Gasteiger partial charge in [-0.15, -0.1) is 0 Å². The molecule has 37 heavy (non-hydrogen) atoms. The third kappa shape index (κ3) is 4.29. The Balaban J connectivity index is 1.49. The van der Waals surface area contributed by atoms with Crippen LogP contribution in [0.2, 0.25) is 0 Å². The zero-order chi connectivity index (χ0) is 26.1. The number of rotatable bonds is 6. The number of esters is 1. The zero-order valence-corrected chi connectivity index (χ0v) is 20.0. The van der Waals surface area contributed by atoms with Crippen molar-refractivity contribution >= 4 is 39.1 Å². The minimum absolute atomic E-state index is 0.0711. The lowest BCUT2D eigenvalue weighted by molar-refractivity contribution is 0.0478. The van der Waals surface area contributed by atoms with Gasteiger partial charge in [0.25, 0.3) is 5.56 Å². The van der Waals surface area contributed by atoms with E-state index < -0.39 is 35.2 Å². The maximum Gasteiger partial charge on any atom is 0.339 e. The van der Waals surface area contributed by atoms with Crippen LogP contribution in [-0.4, -0.2) is 27.5 Å². The molecule has 0 saturated carbocycles. The van der Waals surface area contributed by atoms with Crippen molar-refractivity contribution in [3.05, 3.63) is 122 Å². The Kier molecular flexibility index (Phi) is 6.15. The Bertz CT molecular complexity index is 1750. The van der Waals surface area contributed by atoms with Crippen molar-refractivity contribution in [1.29, 1.82) is 0 Å². The SMILES string of the molecule is Cn1c(=O)c(C(=O)COC(=O)c2c3ccccc3cc3ccccc23)c(N)n(Cc2ccccc2)c1=O. The number of hydrogen-bond donors (Lipinski definition) is 1. The summed E-state index contributed by atoms with van der Waals surface area (Å²) in [7, 11) is 1.27. The van der Waals surface area contributed by atoms with Gasteiger partial charge in [-0.2, -0.15) is 0 Å². The average molecular weight is 494 g/mol. The maximum atomic E-state index is 13.3. The molecule has 0 fully saturated rings. The molecule has 0 aliphatic carbocycles. The number of Topliss-reactive ketones (excluding diaryl/α,β-unsaturated/α-hetero) is 1. The summed E-state index contributed by atoms with van der Waals surface area (Å²) >= 11 is 0. The van der Waals surface area contributed by atoms with Gasteiger partial charge in [0, 0.05) is 7.05 Å². The third-order valence-electron chi connectivity index (χ3n) is 6.36. The summed E-state index contributed by atoms with van der Waals surface area (Å²) in [5.74, 6) is -1.76. The number of nitrogens with two attached hydrogens (primary N) is 1. The number of benzene rings is 4. The van der Waals surface area contributed by atoms with Crippen molar-refractivity contribution < 1.29 is 14.3 Å². The molecule has 4 aromatic carbocycles. The maximum absolute atomic E-state index is 13.3. The number of nitrogen functional groups attached to an aromatic ring is 1. The summed E-state index contributed by atoms with van der Waals surface area (Å²) in [6.07, 6.45) is 0. The van der Waals surface area contributed by atoms with E-state index in [1.807, 2.05) is 60.7 Å². The monoisotopic (exact) mass is 493 g/mol. The fourth-order valence-corrected chi connectivity index (χ4v) is 4.47. The fraction of sp³-hybridized carbons (Fsp3) is 0.103. The number of hydrogen-bond acceptors (Lipinski definition) is 6. The molecule has 8 heteroatoms. The first kappa shape index (κ1) is 23.7. The van der Waals surface area contributed by atoms with Crippen molar-refractivity contribution in [1.82, 2.24) is 9.13 Å². The molecule has 8 nitrogen and oxygen atoms in total. The Hall–Kier alpha value is -4.98. The van der Waals surface area contributed by atoms with E-state index in [2.05, 4.69) is 0 Å². The van der Waals surface area contributed by atoms with Crippen LogP contribution in [0.4, 0.5) is 5.82 Å². The van der Waals surface area contributed by atoms with Crippen LogP contribution in [0.1, 0.15) is 26.3 Å². The quantitative estimate of drug-likeness (QED) is 0.220. The molecule has 5 aromatic rings. The molecule has 184 valence electrons. The lowest BCUT2D eigenvalue weighted by Crippen LogP contribution is -2.43. The second-order valence-electron chi connectivity index (χ2n) is 8.67. The number of carbonyl (C=O) groups excluding carboxylic acids is 2. The second kappa shape index (κ2) is 9.58. The van der Waals surface area contributed by atoms with Crippen LogP contribution < -0.4 is 17.0 Å². The summed E-state index contributed by atoms with van der Waals surface area (Å²) < 4.78 is 7.40. The average Bonchev–Trinajstić information content (AvgIpc) is 2.92. The van der Waals surface area contributed by atoms with E-state index in [9.17, 15) is 19.2 Å². The molecule has 0 spiro atoms. The predicted octanol–water partition coefficient (Wildman–Crippen LogP) is 3.52. The molecule has 0 bridgehead atoms. The second-order valence-corrected chi connectivity index (χ2v) is 8.67. The first-order chi connectivity index (χ1) is 17.9. The van der Waals surface area contributed by atoms with Crippen LogP contribution in [0.25, 0.3) is 21.5 Å². The normalized spacial score (nSPS) is 11.1. The van der Waals surface area contributed by atoms with Gasteiger partial charge in [-0.3, -0.25) is 18.7 Å². The van der Waals surface area contributed by atoms with Gasteiger partial charge >= 0.3 is 11.7 Å². The summed E-state index contributed by atoms with van der Waals surface area (Å²) in [4.78, 5) is 52.0. The van der Waals surface area contributed by atoms with Gasteiger partial charge in [-0.25, -0.2) is 9.59 Å². The van der Waals surface area contributed by atoms with Gasteiger partial charge in [-0.05, 0) is 33.2 Å². The topological polar surface area (TPSA) is 113 Å². The molecule has 2 N–H and O–H groups in total. The van der Waals surface area contributed by atoms with E-state index >= 15 is 0 Å². The van der Waals surface area contributed by atoms with Crippen molar-refractivity contribution in [2.75, 3.05) is 12.3 Å². The molecule has 0 saturated heterocycles. The summed E-state index contributed by atoms with van der Waals surface area (Å²) in [6, 6.07) is 25.8. The minimum atomic E-state index is -0.844. The summed E-state index contributed by atoms with van der Waals surface area (Å²) in [5.41, 5.74) is 5.36. The minimum Gasteiger partial charge on any atom is -0.454 e. The molecule has 0 radical (unpaired) electrons. The lowest BCUT2D eigenvalue weighted by Gasteiger charge is -2.15. The predicted molar refractivity (Wildman–Crippen MR) is 142 cm³/mol. The number of fused-ring (bicyclic) bond motifs is 2. The highest BCUT2D eigenvalue weighted by molar-refractivity contribution is 6.17. The first-order valence-electron chi connectivity index (χ1n) is 11.6. The molecular weight excluding hydrogens is 470 g/mol. The zero-order valence-electron chi connectivity index (χ0n) is 20.0. The number of anilines is 1. The highest BCUT2D eigenvalue weighted by atomic mass is 16.5. The van der Waals surface area contributed by atoms with Crippen LogP contribution in [-0.2, 0) is 18.3 Å². The molecule has 5 rings (SSSR count). The van der Waals surface area contributed by atoms with E-state index in [-0.39, 0.29) is 12.4 Å². The summed E-state index contributed by atoms with van der Waals surface area (Å²) in [6.45, 7) is -0.638. The molecule has 1 aromatic heterocycles. The lowest BCUT2D eigenvalue weighted by atomic mass is 9.97. The molecular formula is C29H23N3O5. The number of aromatic nitrogens is 2. The fourth-order valence-electron chi connectivity index (χ4n) is 4.47. The molecule has 0 amide bonds. The molecule has 0 unspecified atom stereocenters. The Morgan fingerprint density at radius 2 is 1.38 bits per heavy atom. The van der Waals surface area contributed by atoms with Crippen LogP contribution in [0.15, 0.2) is 94.5 Å². The van der Waals surface area contributed by atoms with Crippen molar-refractivity contribution in [3.63, 3.8) is 0 Å². The Labute approximate surface area is 211 Å². The van der Waals surface area contributed by atoms with Gasteiger partial charge in [0.2, 0.25) is 5.78 Å². The van der Waals surface area contributed by atoms with Gasteiger partial charge in [0.05, 0.1) is 12.1 Å². The Morgan fingerprint density at radius 1 is 0.811 bits per heavy atom. The smallest absolute Gasteiger partial charge is 0.339 e. The molecule has 0 aliphatic rings. The summed E-state index contributed by atoms with van der Waals surface area (Å²) in [5, 5.41) is 3.08. The molecule has 1 heterocycles. The number of ether oxygens (including phenoxy) is 1. The third-order valence-corrected chi connectivity index (χ3v) is 6.36. The first-order valence-corrected chi connectivity index (χ1v) is 11.6. The van der Waals surface area contributed by atoms with Crippen molar-refractivity contribution in [2.24, 2.45) is 7.05 Å². The van der Waals surface area contributed by atoms with Gasteiger partial charge in [-0.1, -0.05) is 78.9 Å². The van der Waals surface area contributed by atoms with Crippen molar-refractivity contribution in [3.8, 4) is 0 Å². The molecule has 0 atom stereocenters. The van der Waals surface area contributed by atoms with E-state index in [1.54, 1.807) is 24.3 Å². The van der Waals surface area contributed by atoms with Crippen LogP contribution in [0.5, 0.6) is 0 Å². The largest absolute Gasteiger partial charge is 0.454 e. The highest BCUT2D eigenvalue weighted by Gasteiger charge is 2.24. The van der Waals surface area contributed by atoms with Crippen LogP contribution in [0, 0.1) is 0 Å². The van der Waals surface area contributed by atoms with E-state index in [4.69, 9.17) is 10.5 Å².